The van der Waals surface area contributed by atoms with Gasteiger partial charge in [-0.2, -0.15) is 0 Å². The zero-order chi connectivity index (χ0) is 12.8. The highest BCUT2D eigenvalue weighted by atomic mass is 16.1. The second kappa shape index (κ2) is 6.53. The summed E-state index contributed by atoms with van der Waals surface area (Å²) in [6.45, 7) is 2.03. The fourth-order valence-corrected chi connectivity index (χ4v) is 2.59. The van der Waals surface area contributed by atoms with E-state index in [9.17, 15) is 4.79 Å². The van der Waals surface area contributed by atoms with E-state index in [-0.39, 0.29) is 5.92 Å². The molecule has 0 saturated carbocycles. The van der Waals surface area contributed by atoms with Gasteiger partial charge in [0.1, 0.15) is 0 Å². The second-order valence-corrected chi connectivity index (χ2v) is 5.18. The predicted molar refractivity (Wildman–Crippen MR) is 75.6 cm³/mol. The van der Waals surface area contributed by atoms with Crippen LogP contribution >= 0.6 is 0 Å². The highest BCUT2D eigenvalue weighted by Crippen LogP contribution is 2.25. The Morgan fingerprint density at radius 3 is 2.56 bits per heavy atom. The SMILES string of the molecule is CC(C(=O)/C1=C/CCCCCC1)c1ccccc1. The Morgan fingerprint density at radius 1 is 1.06 bits per heavy atom. The quantitative estimate of drug-likeness (QED) is 0.754. The zero-order valence-corrected chi connectivity index (χ0v) is 11.2. The van der Waals surface area contributed by atoms with Crippen molar-refractivity contribution in [3.63, 3.8) is 0 Å². The molecule has 0 aliphatic heterocycles. The molecule has 1 heteroatoms. The van der Waals surface area contributed by atoms with Gasteiger partial charge in [0.15, 0.2) is 5.78 Å². The highest BCUT2D eigenvalue weighted by Gasteiger charge is 2.19. The Hall–Kier alpha value is -1.37. The molecule has 0 radical (unpaired) electrons. The van der Waals surface area contributed by atoms with E-state index in [4.69, 9.17) is 0 Å². The minimum absolute atomic E-state index is 0.00289. The van der Waals surface area contributed by atoms with Gasteiger partial charge in [0.2, 0.25) is 0 Å². The fourth-order valence-electron chi connectivity index (χ4n) is 2.59. The van der Waals surface area contributed by atoms with Gasteiger partial charge in [-0.25, -0.2) is 0 Å². The molecule has 0 amide bonds. The molecular weight excluding hydrogens is 220 g/mol. The largest absolute Gasteiger partial charge is 0.294 e. The molecule has 1 nitrogen and oxygen atoms in total. The molecule has 1 atom stereocenters. The van der Waals surface area contributed by atoms with Crippen molar-refractivity contribution >= 4 is 5.78 Å². The highest BCUT2D eigenvalue weighted by molar-refractivity contribution is 6.00. The van der Waals surface area contributed by atoms with Crippen LogP contribution in [-0.2, 0) is 4.79 Å². The molecule has 1 aliphatic carbocycles. The maximum atomic E-state index is 12.5. The van der Waals surface area contributed by atoms with E-state index in [1.54, 1.807) is 0 Å². The molecule has 0 bridgehead atoms. The smallest absolute Gasteiger partial charge is 0.165 e. The van der Waals surface area contributed by atoms with Crippen molar-refractivity contribution in [3.8, 4) is 0 Å². The Labute approximate surface area is 110 Å². The predicted octanol–water partition coefficient (Wildman–Crippen LogP) is 4.64. The maximum absolute atomic E-state index is 12.5. The number of ketones is 1. The molecule has 18 heavy (non-hydrogen) atoms. The minimum Gasteiger partial charge on any atom is -0.294 e. The van der Waals surface area contributed by atoms with Crippen LogP contribution in [0.5, 0.6) is 0 Å². The lowest BCUT2D eigenvalue weighted by atomic mass is 9.88. The Bertz CT molecular complexity index is 416. The first kappa shape index (κ1) is 13.1. The van der Waals surface area contributed by atoms with Gasteiger partial charge in [0.05, 0.1) is 0 Å². The molecule has 0 spiro atoms. The summed E-state index contributed by atoms with van der Waals surface area (Å²) in [5.74, 6) is 0.319. The molecule has 2 rings (SSSR count). The van der Waals surface area contributed by atoms with Gasteiger partial charge in [-0.15, -0.1) is 0 Å². The summed E-state index contributed by atoms with van der Waals surface area (Å²) in [6, 6.07) is 10.1. The first-order valence-corrected chi connectivity index (χ1v) is 7.07. The minimum atomic E-state index is -0.00289. The number of hydrogen-bond acceptors (Lipinski definition) is 1. The summed E-state index contributed by atoms with van der Waals surface area (Å²) in [5, 5.41) is 0. The Balaban J connectivity index is 2.10. The van der Waals surface area contributed by atoms with Crippen LogP contribution in [0.1, 0.15) is 56.9 Å². The molecule has 0 N–H and O–H groups in total. The lowest BCUT2D eigenvalue weighted by molar-refractivity contribution is -0.116. The van der Waals surface area contributed by atoms with Crippen molar-refractivity contribution in [1.29, 1.82) is 0 Å². The van der Waals surface area contributed by atoms with Gasteiger partial charge < -0.3 is 0 Å². The fraction of sp³-hybridized carbons (Fsp3) is 0.471. The van der Waals surface area contributed by atoms with E-state index in [2.05, 4.69) is 6.08 Å². The second-order valence-electron chi connectivity index (χ2n) is 5.18. The summed E-state index contributed by atoms with van der Waals surface area (Å²) in [5.41, 5.74) is 2.19. The Morgan fingerprint density at radius 2 is 1.78 bits per heavy atom. The molecule has 96 valence electrons. The molecule has 0 fully saturated rings. The van der Waals surface area contributed by atoms with Crippen molar-refractivity contribution in [3.05, 3.63) is 47.5 Å². The Kier molecular flexibility index (Phi) is 4.74. The molecule has 1 aromatic carbocycles. The standard InChI is InChI=1S/C17H22O/c1-14(15-10-8-5-9-11-15)17(18)16-12-6-3-2-4-7-13-16/h5,8-12,14H,2-4,6-7,13H2,1H3/b16-12+. The molecule has 0 heterocycles. The van der Waals surface area contributed by atoms with E-state index in [1.807, 2.05) is 37.3 Å². The number of carbonyl (C=O) groups excluding carboxylic acids is 1. The molecule has 1 unspecified atom stereocenters. The lowest BCUT2D eigenvalue weighted by Gasteiger charge is -2.15. The zero-order valence-electron chi connectivity index (χ0n) is 11.2. The number of hydrogen-bond donors (Lipinski definition) is 0. The first-order chi connectivity index (χ1) is 8.79. The van der Waals surface area contributed by atoms with Gasteiger partial charge in [-0.3, -0.25) is 4.79 Å². The summed E-state index contributed by atoms with van der Waals surface area (Å²) >= 11 is 0. The van der Waals surface area contributed by atoms with E-state index >= 15 is 0 Å². The van der Waals surface area contributed by atoms with Gasteiger partial charge in [-0.1, -0.05) is 56.2 Å². The van der Waals surface area contributed by atoms with Crippen LogP contribution in [0.3, 0.4) is 0 Å². The molecule has 1 aliphatic rings. The van der Waals surface area contributed by atoms with E-state index in [0.29, 0.717) is 5.78 Å². The van der Waals surface area contributed by atoms with Crippen LogP contribution < -0.4 is 0 Å². The van der Waals surface area contributed by atoms with E-state index in [1.165, 1.54) is 25.7 Å². The third-order valence-corrected chi connectivity index (χ3v) is 3.80. The average molecular weight is 242 g/mol. The van der Waals surface area contributed by atoms with Crippen LogP contribution in [0.25, 0.3) is 0 Å². The molecule has 0 saturated heterocycles. The maximum Gasteiger partial charge on any atom is 0.165 e. The van der Waals surface area contributed by atoms with E-state index < -0.39 is 0 Å². The van der Waals surface area contributed by atoms with Gasteiger partial charge in [0, 0.05) is 5.92 Å². The summed E-state index contributed by atoms with van der Waals surface area (Å²) in [6.07, 6.45) is 9.20. The van der Waals surface area contributed by atoms with Crippen molar-refractivity contribution in [2.24, 2.45) is 0 Å². The number of rotatable bonds is 3. The third kappa shape index (κ3) is 3.32. The average Bonchev–Trinajstić information content (AvgIpc) is 2.38. The number of allylic oxidation sites excluding steroid dienone is 2. The molecule has 1 aromatic rings. The van der Waals surface area contributed by atoms with Gasteiger partial charge in [-0.05, 0) is 36.8 Å². The van der Waals surface area contributed by atoms with Crippen molar-refractivity contribution in [2.45, 2.75) is 51.4 Å². The third-order valence-electron chi connectivity index (χ3n) is 3.80. The van der Waals surface area contributed by atoms with Crippen LogP contribution in [-0.4, -0.2) is 5.78 Å². The summed E-state index contributed by atoms with van der Waals surface area (Å²) < 4.78 is 0. The van der Waals surface area contributed by atoms with E-state index in [0.717, 1.165) is 24.0 Å². The first-order valence-electron chi connectivity index (χ1n) is 7.07. The number of benzene rings is 1. The van der Waals surface area contributed by atoms with Crippen molar-refractivity contribution < 1.29 is 4.79 Å². The van der Waals surface area contributed by atoms with Gasteiger partial charge >= 0.3 is 0 Å². The van der Waals surface area contributed by atoms with Crippen LogP contribution in [0.2, 0.25) is 0 Å². The summed E-state index contributed by atoms with van der Waals surface area (Å²) in [7, 11) is 0. The summed E-state index contributed by atoms with van der Waals surface area (Å²) in [4.78, 5) is 12.5. The van der Waals surface area contributed by atoms with Crippen LogP contribution in [0.15, 0.2) is 42.0 Å². The van der Waals surface area contributed by atoms with Crippen LogP contribution in [0, 0.1) is 0 Å². The molecule has 0 aromatic heterocycles. The number of Topliss-reactive ketones (excluding diaryl/α,β-unsaturated/α-hetero) is 1. The normalized spacial score (nSPS) is 21.3. The van der Waals surface area contributed by atoms with Crippen LogP contribution in [0.4, 0.5) is 0 Å². The number of carbonyl (C=O) groups is 1. The molecular formula is C17H22O. The topological polar surface area (TPSA) is 17.1 Å². The van der Waals surface area contributed by atoms with Crippen molar-refractivity contribution in [2.75, 3.05) is 0 Å². The van der Waals surface area contributed by atoms with Gasteiger partial charge in [0.25, 0.3) is 0 Å². The lowest BCUT2D eigenvalue weighted by Crippen LogP contribution is -2.12. The van der Waals surface area contributed by atoms with Crippen molar-refractivity contribution in [1.82, 2.24) is 0 Å². The monoisotopic (exact) mass is 242 g/mol.